The average Bonchev–Trinajstić information content (AvgIpc) is 2.31. The monoisotopic (exact) mass is 263 g/mol. The van der Waals surface area contributed by atoms with Crippen LogP contribution < -0.4 is 5.73 Å². The average molecular weight is 264 g/mol. The Morgan fingerprint density at radius 2 is 1.89 bits per heavy atom. The molecule has 0 spiro atoms. The maximum Gasteiger partial charge on any atom is 0.131 e. The van der Waals surface area contributed by atoms with E-state index in [0.29, 0.717) is 10.6 Å². The van der Waals surface area contributed by atoms with Crippen molar-refractivity contribution in [2.24, 2.45) is 5.73 Å². The van der Waals surface area contributed by atoms with Gasteiger partial charge in [0.2, 0.25) is 0 Å². The first kappa shape index (κ1) is 13.1. The maximum absolute atomic E-state index is 13.8. The van der Waals surface area contributed by atoms with E-state index >= 15 is 0 Å². The topological polar surface area (TPSA) is 26.0 Å². The molecule has 2 aromatic carbocycles. The molecule has 0 saturated carbocycles. The van der Waals surface area contributed by atoms with Gasteiger partial charge in [-0.2, -0.15) is 0 Å². The first-order chi connectivity index (χ1) is 8.49. The van der Waals surface area contributed by atoms with Crippen molar-refractivity contribution in [3.05, 3.63) is 58.4 Å². The number of hydrogen-bond acceptors (Lipinski definition) is 1. The number of rotatable bonds is 2. The molecule has 0 radical (unpaired) electrons. The summed E-state index contributed by atoms with van der Waals surface area (Å²) in [5.41, 5.74) is 9.01. The molecule has 1 atom stereocenters. The molecule has 0 saturated heterocycles. The van der Waals surface area contributed by atoms with Gasteiger partial charge < -0.3 is 5.73 Å². The number of nitrogens with two attached hydrogens (primary N) is 1. The summed E-state index contributed by atoms with van der Waals surface area (Å²) in [5.74, 6) is -0.245. The minimum atomic E-state index is -0.245. The van der Waals surface area contributed by atoms with Gasteiger partial charge in [0.05, 0.1) is 0 Å². The lowest BCUT2D eigenvalue weighted by molar-refractivity contribution is 0.631. The van der Waals surface area contributed by atoms with Crippen LogP contribution in [0.5, 0.6) is 0 Å². The second-order valence-corrected chi connectivity index (χ2v) is 4.92. The van der Waals surface area contributed by atoms with Crippen molar-refractivity contribution in [2.45, 2.75) is 19.9 Å². The predicted molar refractivity (Wildman–Crippen MR) is 74.2 cm³/mol. The summed E-state index contributed by atoms with van der Waals surface area (Å²) in [6.07, 6.45) is 0. The number of benzene rings is 2. The Morgan fingerprint density at radius 3 is 2.50 bits per heavy atom. The van der Waals surface area contributed by atoms with E-state index < -0.39 is 0 Å². The van der Waals surface area contributed by atoms with Crippen LogP contribution in [0.25, 0.3) is 11.1 Å². The van der Waals surface area contributed by atoms with E-state index in [1.807, 2.05) is 32.0 Å². The van der Waals surface area contributed by atoms with E-state index in [-0.39, 0.29) is 11.9 Å². The fraction of sp³-hybridized carbons (Fsp3) is 0.200. The lowest BCUT2D eigenvalue weighted by Gasteiger charge is -2.11. The minimum Gasteiger partial charge on any atom is -0.324 e. The van der Waals surface area contributed by atoms with Crippen LogP contribution in [0, 0.1) is 12.7 Å². The minimum absolute atomic E-state index is 0.131. The van der Waals surface area contributed by atoms with E-state index in [2.05, 4.69) is 0 Å². The highest BCUT2D eigenvalue weighted by Gasteiger charge is 2.10. The first-order valence-corrected chi connectivity index (χ1v) is 6.18. The quantitative estimate of drug-likeness (QED) is 0.850. The summed E-state index contributed by atoms with van der Waals surface area (Å²) < 4.78 is 13.8. The van der Waals surface area contributed by atoms with Crippen LogP contribution in [0.4, 0.5) is 4.39 Å². The van der Waals surface area contributed by atoms with Gasteiger partial charge in [0.25, 0.3) is 0 Å². The van der Waals surface area contributed by atoms with Gasteiger partial charge in [-0.1, -0.05) is 35.4 Å². The third-order valence-electron chi connectivity index (χ3n) is 2.92. The summed E-state index contributed by atoms with van der Waals surface area (Å²) in [6, 6.07) is 10.4. The normalized spacial score (nSPS) is 12.5. The van der Waals surface area contributed by atoms with E-state index in [4.69, 9.17) is 17.3 Å². The fourth-order valence-electron chi connectivity index (χ4n) is 1.92. The summed E-state index contributed by atoms with van der Waals surface area (Å²) >= 11 is 6.16. The number of halogens is 2. The Bertz CT molecular complexity index is 579. The highest BCUT2D eigenvalue weighted by atomic mass is 35.5. The zero-order valence-corrected chi connectivity index (χ0v) is 11.1. The van der Waals surface area contributed by atoms with E-state index in [1.54, 1.807) is 12.1 Å². The van der Waals surface area contributed by atoms with Gasteiger partial charge in [-0.15, -0.1) is 0 Å². The van der Waals surface area contributed by atoms with Crippen LogP contribution in [0.15, 0.2) is 36.4 Å². The molecule has 1 unspecified atom stereocenters. The van der Waals surface area contributed by atoms with Crippen molar-refractivity contribution < 1.29 is 4.39 Å². The SMILES string of the molecule is Cc1ccc(F)c(-c2ccc(C(C)N)c(Cl)c2)c1. The molecule has 2 rings (SSSR count). The Labute approximate surface area is 111 Å². The van der Waals surface area contributed by atoms with Crippen LogP contribution in [0.3, 0.4) is 0 Å². The van der Waals surface area contributed by atoms with Crippen LogP contribution in [0.1, 0.15) is 24.1 Å². The van der Waals surface area contributed by atoms with Gasteiger partial charge in [0, 0.05) is 16.6 Å². The molecule has 2 aromatic rings. The van der Waals surface area contributed by atoms with Gasteiger partial charge in [0.15, 0.2) is 0 Å². The molecule has 1 nitrogen and oxygen atoms in total. The second-order valence-electron chi connectivity index (χ2n) is 4.51. The molecular weight excluding hydrogens is 249 g/mol. The van der Waals surface area contributed by atoms with Crippen molar-refractivity contribution in [1.29, 1.82) is 0 Å². The lowest BCUT2D eigenvalue weighted by Crippen LogP contribution is -2.05. The molecule has 0 heterocycles. The third kappa shape index (κ3) is 2.55. The highest BCUT2D eigenvalue weighted by Crippen LogP contribution is 2.30. The van der Waals surface area contributed by atoms with Gasteiger partial charge in [-0.3, -0.25) is 0 Å². The molecule has 3 heteroatoms. The highest BCUT2D eigenvalue weighted by molar-refractivity contribution is 6.31. The molecule has 94 valence electrons. The predicted octanol–water partition coefficient (Wildman–Crippen LogP) is 4.47. The van der Waals surface area contributed by atoms with E-state index in [1.165, 1.54) is 6.07 Å². The summed E-state index contributed by atoms with van der Waals surface area (Å²) in [7, 11) is 0. The van der Waals surface area contributed by atoms with Crippen LogP contribution in [0.2, 0.25) is 5.02 Å². The maximum atomic E-state index is 13.8. The molecule has 0 amide bonds. The fourth-order valence-corrected chi connectivity index (χ4v) is 2.28. The van der Waals surface area contributed by atoms with Gasteiger partial charge in [-0.25, -0.2) is 4.39 Å². The van der Waals surface area contributed by atoms with Crippen molar-refractivity contribution in [3.63, 3.8) is 0 Å². The Hall–Kier alpha value is -1.38. The molecule has 0 aliphatic rings. The van der Waals surface area contributed by atoms with Crippen molar-refractivity contribution >= 4 is 11.6 Å². The largest absolute Gasteiger partial charge is 0.324 e. The summed E-state index contributed by atoms with van der Waals surface area (Å²) in [6.45, 7) is 3.80. The van der Waals surface area contributed by atoms with E-state index in [0.717, 1.165) is 16.7 Å². The Kier molecular flexibility index (Phi) is 3.69. The van der Waals surface area contributed by atoms with Gasteiger partial charge in [-0.05, 0) is 43.2 Å². The lowest BCUT2D eigenvalue weighted by atomic mass is 10.00. The van der Waals surface area contributed by atoms with Gasteiger partial charge >= 0.3 is 0 Å². The molecule has 0 aromatic heterocycles. The Balaban J connectivity index is 2.52. The van der Waals surface area contributed by atoms with Crippen molar-refractivity contribution in [3.8, 4) is 11.1 Å². The second kappa shape index (κ2) is 5.09. The smallest absolute Gasteiger partial charge is 0.131 e. The number of hydrogen-bond donors (Lipinski definition) is 1. The van der Waals surface area contributed by atoms with Crippen LogP contribution in [-0.4, -0.2) is 0 Å². The summed E-state index contributed by atoms with van der Waals surface area (Å²) in [4.78, 5) is 0. The van der Waals surface area contributed by atoms with Gasteiger partial charge in [0.1, 0.15) is 5.82 Å². The molecular formula is C15H15ClFN. The Morgan fingerprint density at radius 1 is 1.17 bits per heavy atom. The molecule has 18 heavy (non-hydrogen) atoms. The standard InChI is InChI=1S/C15H15ClFN/c1-9-3-6-15(17)13(7-9)11-4-5-12(10(2)18)14(16)8-11/h3-8,10H,18H2,1-2H3. The van der Waals surface area contributed by atoms with Crippen molar-refractivity contribution in [1.82, 2.24) is 0 Å². The summed E-state index contributed by atoms with van der Waals surface area (Å²) in [5, 5.41) is 0.573. The zero-order valence-electron chi connectivity index (χ0n) is 10.4. The van der Waals surface area contributed by atoms with Crippen molar-refractivity contribution in [2.75, 3.05) is 0 Å². The molecule has 0 fully saturated rings. The van der Waals surface area contributed by atoms with E-state index in [9.17, 15) is 4.39 Å². The molecule has 2 N–H and O–H groups in total. The molecule has 0 aliphatic carbocycles. The van der Waals surface area contributed by atoms with Crippen LogP contribution in [-0.2, 0) is 0 Å². The molecule has 0 bridgehead atoms. The first-order valence-electron chi connectivity index (χ1n) is 5.80. The van der Waals surface area contributed by atoms with Crippen LogP contribution >= 0.6 is 11.6 Å². The number of aryl methyl sites for hydroxylation is 1. The third-order valence-corrected chi connectivity index (χ3v) is 3.25. The zero-order chi connectivity index (χ0) is 13.3. The molecule has 0 aliphatic heterocycles.